The van der Waals surface area contributed by atoms with Gasteiger partial charge in [0.25, 0.3) is 5.91 Å². The van der Waals surface area contributed by atoms with E-state index in [9.17, 15) is 4.79 Å². The number of hydrogen-bond donors (Lipinski definition) is 0. The molecule has 1 aliphatic heterocycles. The number of nitrogens with zero attached hydrogens (tertiary/aromatic N) is 2. The Morgan fingerprint density at radius 1 is 0.893 bits per heavy atom. The molecule has 1 fully saturated rings. The van der Waals surface area contributed by atoms with Crippen molar-refractivity contribution in [2.75, 3.05) is 13.1 Å². The number of piperidine rings is 1. The summed E-state index contributed by atoms with van der Waals surface area (Å²) in [5, 5.41) is 0. The number of ether oxygens (including phenoxy) is 2. The molecule has 1 aromatic heterocycles. The minimum atomic E-state index is -0.0763. The summed E-state index contributed by atoms with van der Waals surface area (Å²) >= 11 is 0. The predicted octanol–water partition coefficient (Wildman–Crippen LogP) is 4.56. The van der Waals surface area contributed by atoms with Crippen LogP contribution in [0.15, 0.2) is 79.0 Å². The molecule has 0 saturated carbocycles. The summed E-state index contributed by atoms with van der Waals surface area (Å²) in [6.45, 7) is 1.29. The molecule has 2 aromatic carbocycles. The van der Waals surface area contributed by atoms with Crippen molar-refractivity contribution < 1.29 is 14.3 Å². The van der Waals surface area contributed by atoms with Crippen LogP contribution >= 0.6 is 0 Å². The summed E-state index contributed by atoms with van der Waals surface area (Å²) in [5.74, 6) is 2.10. The lowest BCUT2D eigenvalue weighted by Crippen LogP contribution is -2.44. The first-order valence-electron chi connectivity index (χ1n) is 9.48. The zero-order chi connectivity index (χ0) is 19.2. The largest absolute Gasteiger partial charge is 0.489 e. The van der Waals surface area contributed by atoms with Crippen molar-refractivity contribution in [1.82, 2.24) is 9.88 Å². The number of amides is 1. The van der Waals surface area contributed by atoms with E-state index in [4.69, 9.17) is 9.47 Å². The van der Waals surface area contributed by atoms with Gasteiger partial charge in [0.05, 0.1) is 12.7 Å². The molecule has 28 heavy (non-hydrogen) atoms. The molecule has 4 rings (SSSR count). The maximum Gasteiger partial charge on any atom is 0.272 e. The minimum Gasteiger partial charge on any atom is -0.489 e. The van der Waals surface area contributed by atoms with Gasteiger partial charge in [0.15, 0.2) is 0 Å². The number of para-hydroxylation sites is 2. The Hall–Kier alpha value is -3.34. The molecule has 0 spiro atoms. The monoisotopic (exact) mass is 374 g/mol. The second-order valence-corrected chi connectivity index (χ2v) is 6.74. The Morgan fingerprint density at radius 3 is 2.29 bits per heavy atom. The second kappa shape index (κ2) is 8.57. The van der Waals surface area contributed by atoms with Gasteiger partial charge in [0, 0.05) is 6.54 Å². The van der Waals surface area contributed by atoms with E-state index in [0.29, 0.717) is 18.0 Å². The van der Waals surface area contributed by atoms with E-state index in [1.54, 1.807) is 18.3 Å². The van der Waals surface area contributed by atoms with Gasteiger partial charge in [-0.15, -0.1) is 0 Å². The third-order valence-electron chi connectivity index (χ3n) is 4.65. The molecule has 1 unspecified atom stereocenters. The number of benzene rings is 2. The van der Waals surface area contributed by atoms with Crippen molar-refractivity contribution in [2.45, 2.75) is 18.9 Å². The van der Waals surface area contributed by atoms with Crippen LogP contribution in [0.25, 0.3) is 0 Å². The Balaban J connectivity index is 1.38. The molecular formula is C23H22N2O3. The number of carbonyl (C=O) groups is 1. The summed E-state index contributed by atoms with van der Waals surface area (Å²) in [7, 11) is 0. The summed E-state index contributed by atoms with van der Waals surface area (Å²) in [6, 6.07) is 22.7. The highest BCUT2D eigenvalue weighted by Crippen LogP contribution is 2.22. The Labute approximate surface area is 164 Å². The normalized spacial score (nSPS) is 16.4. The first kappa shape index (κ1) is 18.0. The average molecular weight is 374 g/mol. The third kappa shape index (κ3) is 4.49. The van der Waals surface area contributed by atoms with Gasteiger partial charge in [-0.25, -0.2) is 4.98 Å². The van der Waals surface area contributed by atoms with Crippen molar-refractivity contribution in [3.63, 3.8) is 0 Å². The van der Waals surface area contributed by atoms with Gasteiger partial charge in [0.2, 0.25) is 0 Å². The number of hydrogen-bond acceptors (Lipinski definition) is 4. The SMILES string of the molecule is O=C(c1ccc(Oc2ccccc2)cn1)N1CCCC(Oc2ccccc2)C1. The lowest BCUT2D eigenvalue weighted by Gasteiger charge is -2.32. The lowest BCUT2D eigenvalue weighted by molar-refractivity contribution is 0.0532. The lowest BCUT2D eigenvalue weighted by atomic mass is 10.1. The quantitative estimate of drug-likeness (QED) is 0.657. The fraction of sp³-hybridized carbons (Fsp3) is 0.217. The zero-order valence-electron chi connectivity index (χ0n) is 15.5. The molecule has 142 valence electrons. The smallest absolute Gasteiger partial charge is 0.272 e. The Kier molecular flexibility index (Phi) is 5.52. The van der Waals surface area contributed by atoms with Gasteiger partial charge in [-0.2, -0.15) is 0 Å². The molecule has 1 amide bonds. The van der Waals surface area contributed by atoms with Gasteiger partial charge in [0.1, 0.15) is 29.0 Å². The van der Waals surface area contributed by atoms with Gasteiger partial charge in [-0.3, -0.25) is 4.79 Å². The number of pyridine rings is 1. The van der Waals surface area contributed by atoms with E-state index in [1.165, 1.54) is 0 Å². The summed E-state index contributed by atoms with van der Waals surface area (Å²) in [6.07, 6.45) is 3.44. The standard InChI is InChI=1S/C23H22N2O3/c26-23(22-14-13-20(16-24-22)27-18-8-3-1-4-9-18)25-15-7-12-21(17-25)28-19-10-5-2-6-11-19/h1-6,8-11,13-14,16,21H,7,12,15,17H2. The van der Waals surface area contributed by atoms with Crippen LogP contribution in [0, 0.1) is 0 Å². The van der Waals surface area contributed by atoms with Crippen LogP contribution in [0.4, 0.5) is 0 Å². The van der Waals surface area contributed by atoms with Gasteiger partial charge < -0.3 is 14.4 Å². The summed E-state index contributed by atoms with van der Waals surface area (Å²) < 4.78 is 11.8. The van der Waals surface area contributed by atoms with E-state index >= 15 is 0 Å². The van der Waals surface area contributed by atoms with E-state index in [-0.39, 0.29) is 12.0 Å². The molecule has 1 atom stereocenters. The van der Waals surface area contributed by atoms with Crippen molar-refractivity contribution in [3.05, 3.63) is 84.7 Å². The topological polar surface area (TPSA) is 51.7 Å². The van der Waals surface area contributed by atoms with E-state index in [2.05, 4.69) is 4.98 Å². The fourth-order valence-corrected chi connectivity index (χ4v) is 3.26. The predicted molar refractivity (Wildman–Crippen MR) is 107 cm³/mol. The van der Waals surface area contributed by atoms with E-state index < -0.39 is 0 Å². The molecule has 2 heterocycles. The van der Waals surface area contributed by atoms with Crippen LogP contribution in [0.3, 0.4) is 0 Å². The zero-order valence-corrected chi connectivity index (χ0v) is 15.5. The van der Waals surface area contributed by atoms with Crippen LogP contribution < -0.4 is 9.47 Å². The minimum absolute atomic E-state index is 0.000729. The first-order valence-corrected chi connectivity index (χ1v) is 9.48. The molecule has 5 nitrogen and oxygen atoms in total. The molecule has 1 saturated heterocycles. The number of likely N-dealkylation sites (tertiary alicyclic amines) is 1. The van der Waals surface area contributed by atoms with Crippen LogP contribution in [0.2, 0.25) is 0 Å². The van der Waals surface area contributed by atoms with Crippen LogP contribution in [-0.4, -0.2) is 35.0 Å². The molecule has 0 aliphatic carbocycles. The fourth-order valence-electron chi connectivity index (χ4n) is 3.26. The third-order valence-corrected chi connectivity index (χ3v) is 4.65. The molecule has 0 radical (unpaired) electrons. The van der Waals surface area contributed by atoms with Crippen molar-refractivity contribution >= 4 is 5.91 Å². The van der Waals surface area contributed by atoms with Gasteiger partial charge in [-0.1, -0.05) is 36.4 Å². The summed E-state index contributed by atoms with van der Waals surface area (Å²) in [5.41, 5.74) is 0.417. The Morgan fingerprint density at radius 2 is 1.61 bits per heavy atom. The second-order valence-electron chi connectivity index (χ2n) is 6.74. The molecule has 3 aromatic rings. The van der Waals surface area contributed by atoms with Crippen LogP contribution in [0.5, 0.6) is 17.2 Å². The average Bonchev–Trinajstić information content (AvgIpc) is 2.75. The Bertz CT molecular complexity index is 898. The van der Waals surface area contributed by atoms with Gasteiger partial charge in [-0.05, 0) is 49.2 Å². The van der Waals surface area contributed by atoms with Crippen molar-refractivity contribution in [3.8, 4) is 17.2 Å². The number of rotatable bonds is 5. The van der Waals surface area contributed by atoms with Crippen molar-refractivity contribution in [1.29, 1.82) is 0 Å². The van der Waals surface area contributed by atoms with Crippen LogP contribution in [0.1, 0.15) is 23.3 Å². The van der Waals surface area contributed by atoms with Crippen molar-refractivity contribution in [2.24, 2.45) is 0 Å². The first-order chi connectivity index (χ1) is 13.8. The molecule has 5 heteroatoms. The molecule has 0 bridgehead atoms. The molecule has 0 N–H and O–H groups in total. The highest BCUT2D eigenvalue weighted by atomic mass is 16.5. The summed E-state index contributed by atoms with van der Waals surface area (Å²) in [4.78, 5) is 19.0. The highest BCUT2D eigenvalue weighted by Gasteiger charge is 2.26. The molecular weight excluding hydrogens is 352 g/mol. The van der Waals surface area contributed by atoms with Gasteiger partial charge >= 0.3 is 0 Å². The number of aromatic nitrogens is 1. The highest BCUT2D eigenvalue weighted by molar-refractivity contribution is 5.92. The number of carbonyl (C=O) groups excluding carboxylic acids is 1. The van der Waals surface area contributed by atoms with Crippen LogP contribution in [-0.2, 0) is 0 Å². The maximum absolute atomic E-state index is 12.8. The molecule has 1 aliphatic rings. The van der Waals surface area contributed by atoms with E-state index in [1.807, 2.05) is 65.6 Å². The van der Waals surface area contributed by atoms with E-state index in [0.717, 1.165) is 30.9 Å². The maximum atomic E-state index is 12.8.